The number of aryl methyl sites for hydroxylation is 1. The summed E-state index contributed by atoms with van der Waals surface area (Å²) in [5.74, 6) is 1.96. The van der Waals surface area contributed by atoms with E-state index in [2.05, 4.69) is 53.1 Å². The number of nitrogens with zero attached hydrogens (tertiary/aromatic N) is 2. The van der Waals surface area contributed by atoms with Crippen molar-refractivity contribution >= 4 is 11.9 Å². The Morgan fingerprint density at radius 2 is 1.93 bits per heavy atom. The number of esters is 1. The Balaban J connectivity index is 1.12. The van der Waals surface area contributed by atoms with Gasteiger partial charge in [-0.15, -0.1) is 0 Å². The molecular weight excluding hydrogens is 540 g/mol. The number of ether oxygens (including phenoxy) is 2. The molecule has 1 N–H and O–H groups in total. The molecule has 5 aliphatic rings. The molecule has 3 aliphatic carbocycles. The van der Waals surface area contributed by atoms with E-state index < -0.39 is 0 Å². The van der Waals surface area contributed by atoms with Crippen molar-refractivity contribution in [2.75, 3.05) is 19.6 Å². The fraction of sp³-hybridized carbons (Fsp3) is 0.611. The zero-order valence-electron chi connectivity index (χ0n) is 25.7. The van der Waals surface area contributed by atoms with Crippen LogP contribution >= 0.6 is 0 Å². The first kappa shape index (κ1) is 28.8. The fourth-order valence-corrected chi connectivity index (χ4v) is 9.26. The summed E-state index contributed by atoms with van der Waals surface area (Å²) >= 11 is 0. The highest BCUT2D eigenvalue weighted by Gasteiger charge is 2.67. The molecule has 0 aromatic heterocycles. The molecule has 2 unspecified atom stereocenters. The lowest BCUT2D eigenvalue weighted by Crippen LogP contribution is -2.69. The molecule has 3 fully saturated rings. The molecule has 7 atom stereocenters. The second-order valence-corrected chi connectivity index (χ2v) is 13.7. The maximum absolute atomic E-state index is 13.8. The van der Waals surface area contributed by atoms with Crippen molar-refractivity contribution in [1.82, 2.24) is 9.80 Å². The standard InChI is InChI=1S/C36H46N2O5/c1-3-38(32(41)13-9-5-8-12-24-10-6-4-7-11-24)28-16-15-27-29-20-25-14-17-31(42-23(2)39)34-33(25)36(27,35(28)43-34)18-19-37(29)22-26-21-30(26)40/h4,6-7,10-11,14,17,26-30,35,40H,3,5,8-9,12-13,15-16,18-22H2,1-2H3/t26?,27-,28-,29+,30?,35-,36-/m0/s1. The van der Waals surface area contributed by atoms with Gasteiger partial charge in [0.25, 0.3) is 0 Å². The summed E-state index contributed by atoms with van der Waals surface area (Å²) in [6.07, 6.45) is 9.18. The molecule has 2 aromatic rings. The number of amides is 1. The van der Waals surface area contributed by atoms with Crippen LogP contribution in [0.1, 0.15) is 81.9 Å². The van der Waals surface area contributed by atoms with Gasteiger partial charge in [-0.1, -0.05) is 42.8 Å². The number of carbonyl (C=O) groups is 2. The van der Waals surface area contributed by atoms with Gasteiger partial charge in [-0.05, 0) is 87.9 Å². The van der Waals surface area contributed by atoms with Crippen molar-refractivity contribution < 1.29 is 24.2 Å². The van der Waals surface area contributed by atoms with E-state index in [0.717, 1.165) is 76.6 Å². The maximum atomic E-state index is 13.8. The molecule has 7 nitrogen and oxygen atoms in total. The molecule has 0 radical (unpaired) electrons. The first-order chi connectivity index (χ1) is 20.9. The van der Waals surface area contributed by atoms with Gasteiger partial charge in [0, 0.05) is 49.4 Å². The third kappa shape index (κ3) is 5.06. The Morgan fingerprint density at radius 3 is 2.67 bits per heavy atom. The molecule has 1 amide bonds. The third-order valence-corrected chi connectivity index (χ3v) is 11.3. The molecule has 2 aliphatic heterocycles. The number of hydrogen-bond acceptors (Lipinski definition) is 6. The van der Waals surface area contributed by atoms with Gasteiger partial charge in [-0.25, -0.2) is 0 Å². The van der Waals surface area contributed by atoms with E-state index in [4.69, 9.17) is 9.47 Å². The van der Waals surface area contributed by atoms with Crippen LogP contribution < -0.4 is 9.47 Å². The lowest BCUT2D eigenvalue weighted by molar-refractivity contribution is -0.142. The molecule has 2 bridgehead atoms. The number of likely N-dealkylation sites (tertiary alicyclic amines) is 1. The monoisotopic (exact) mass is 586 g/mol. The normalized spacial score (nSPS) is 31.6. The number of likely N-dealkylation sites (N-methyl/N-ethyl adjacent to an activating group) is 1. The van der Waals surface area contributed by atoms with Crippen molar-refractivity contribution in [1.29, 1.82) is 0 Å². The molecular formula is C36H46N2O5. The molecule has 2 aromatic carbocycles. The van der Waals surface area contributed by atoms with Crippen LogP contribution in [0.25, 0.3) is 0 Å². The summed E-state index contributed by atoms with van der Waals surface area (Å²) in [7, 11) is 0. The number of hydrogen-bond donors (Lipinski definition) is 1. The van der Waals surface area contributed by atoms with Gasteiger partial charge in [0.1, 0.15) is 6.10 Å². The van der Waals surface area contributed by atoms with Gasteiger partial charge in [-0.2, -0.15) is 0 Å². The van der Waals surface area contributed by atoms with Gasteiger partial charge in [0.15, 0.2) is 11.5 Å². The molecule has 7 rings (SSSR count). The fourth-order valence-electron chi connectivity index (χ4n) is 9.26. The molecule has 2 saturated carbocycles. The van der Waals surface area contributed by atoms with Crippen LogP contribution in [-0.2, 0) is 27.8 Å². The molecule has 7 heteroatoms. The zero-order valence-corrected chi connectivity index (χ0v) is 25.7. The highest BCUT2D eigenvalue weighted by molar-refractivity contribution is 5.77. The lowest BCUT2D eigenvalue weighted by Gasteiger charge is -2.60. The number of aliphatic hydroxyl groups is 1. The lowest BCUT2D eigenvalue weighted by atomic mass is 9.51. The molecule has 2 heterocycles. The van der Waals surface area contributed by atoms with Crippen LogP contribution in [0, 0.1) is 11.8 Å². The van der Waals surface area contributed by atoms with Gasteiger partial charge in [0.05, 0.1) is 12.1 Å². The molecule has 43 heavy (non-hydrogen) atoms. The van der Waals surface area contributed by atoms with Gasteiger partial charge in [-0.3, -0.25) is 14.5 Å². The molecule has 1 saturated heterocycles. The number of aliphatic hydroxyl groups excluding tert-OH is 1. The van der Waals surface area contributed by atoms with Crippen LogP contribution in [0.2, 0.25) is 0 Å². The Bertz CT molecular complexity index is 1360. The Kier molecular flexibility index (Phi) is 7.75. The van der Waals surface area contributed by atoms with Crippen molar-refractivity contribution in [3.05, 3.63) is 59.2 Å². The van der Waals surface area contributed by atoms with Gasteiger partial charge < -0.3 is 19.5 Å². The summed E-state index contributed by atoms with van der Waals surface area (Å²) in [4.78, 5) is 30.6. The second-order valence-electron chi connectivity index (χ2n) is 13.7. The van der Waals surface area contributed by atoms with Gasteiger partial charge >= 0.3 is 5.97 Å². The summed E-state index contributed by atoms with van der Waals surface area (Å²) in [6.45, 7) is 6.14. The SMILES string of the molecule is CCN(C(=O)CCCCCc1ccccc1)[C@H]1CC[C@H]2[C@H]3Cc4ccc(OC(C)=O)c5c4[C@@]2(CCN3CC2CC2O)[C@H]1O5. The molecule has 230 valence electrons. The summed E-state index contributed by atoms with van der Waals surface area (Å²) in [5, 5.41) is 10.1. The van der Waals surface area contributed by atoms with E-state index in [9.17, 15) is 14.7 Å². The summed E-state index contributed by atoms with van der Waals surface area (Å²) in [5.41, 5.74) is 3.71. The average Bonchev–Trinajstić information content (AvgIpc) is 3.58. The number of benzene rings is 2. The number of rotatable bonds is 11. The van der Waals surface area contributed by atoms with Crippen LogP contribution in [0.15, 0.2) is 42.5 Å². The van der Waals surface area contributed by atoms with E-state index in [0.29, 0.717) is 36.6 Å². The predicted molar refractivity (Wildman–Crippen MR) is 164 cm³/mol. The van der Waals surface area contributed by atoms with Gasteiger partial charge in [0.2, 0.25) is 5.91 Å². The maximum Gasteiger partial charge on any atom is 0.308 e. The number of unbranched alkanes of at least 4 members (excludes halogenated alkanes) is 2. The van der Waals surface area contributed by atoms with E-state index in [1.54, 1.807) is 0 Å². The predicted octanol–water partition coefficient (Wildman–Crippen LogP) is 5.05. The number of piperidine rings is 1. The van der Waals surface area contributed by atoms with Crippen molar-refractivity contribution in [3.8, 4) is 11.5 Å². The first-order valence-corrected chi connectivity index (χ1v) is 16.7. The Hall–Kier alpha value is -2.90. The van der Waals surface area contributed by atoms with Crippen molar-refractivity contribution in [3.63, 3.8) is 0 Å². The highest BCUT2D eigenvalue weighted by Crippen LogP contribution is 2.64. The Labute approximate surface area is 255 Å². The van der Waals surface area contributed by atoms with E-state index in [1.165, 1.54) is 23.6 Å². The highest BCUT2D eigenvalue weighted by atomic mass is 16.6. The minimum atomic E-state index is -0.343. The minimum Gasteiger partial charge on any atom is -0.483 e. The average molecular weight is 587 g/mol. The molecule has 1 spiro atoms. The number of carbonyl (C=O) groups excluding carboxylic acids is 2. The summed E-state index contributed by atoms with van der Waals surface area (Å²) < 4.78 is 12.7. The topological polar surface area (TPSA) is 79.3 Å². The quantitative estimate of drug-likeness (QED) is 0.226. The minimum absolute atomic E-state index is 0.000879. The van der Waals surface area contributed by atoms with Crippen molar-refractivity contribution in [2.24, 2.45) is 11.8 Å². The van der Waals surface area contributed by atoms with Crippen LogP contribution in [0.5, 0.6) is 11.5 Å². The van der Waals surface area contributed by atoms with E-state index in [1.807, 2.05) is 6.07 Å². The zero-order chi connectivity index (χ0) is 29.7. The van der Waals surface area contributed by atoms with Crippen LogP contribution in [0.3, 0.4) is 0 Å². The third-order valence-electron chi connectivity index (χ3n) is 11.3. The van der Waals surface area contributed by atoms with E-state index in [-0.39, 0.29) is 35.5 Å². The largest absolute Gasteiger partial charge is 0.483 e. The second kappa shape index (κ2) is 11.6. The smallest absolute Gasteiger partial charge is 0.308 e. The van der Waals surface area contributed by atoms with Crippen LogP contribution in [0.4, 0.5) is 0 Å². The van der Waals surface area contributed by atoms with E-state index >= 15 is 0 Å². The summed E-state index contributed by atoms with van der Waals surface area (Å²) in [6, 6.07) is 15.0. The Morgan fingerprint density at radius 1 is 1.12 bits per heavy atom. The first-order valence-electron chi connectivity index (χ1n) is 16.7. The van der Waals surface area contributed by atoms with Crippen molar-refractivity contribution in [2.45, 2.75) is 108 Å². The van der Waals surface area contributed by atoms with Crippen LogP contribution in [-0.4, -0.2) is 70.7 Å².